The molecule has 0 aliphatic rings. The number of nitrogens with one attached hydrogen (secondary N) is 2. The Balaban J connectivity index is 1.58. The summed E-state index contributed by atoms with van der Waals surface area (Å²) in [4.78, 5) is 27.4. The number of aromatic amines is 1. The zero-order valence-corrected chi connectivity index (χ0v) is 19.4. The van der Waals surface area contributed by atoms with E-state index in [2.05, 4.69) is 15.5 Å². The van der Waals surface area contributed by atoms with Gasteiger partial charge in [-0.2, -0.15) is 5.10 Å². The fourth-order valence-electron chi connectivity index (χ4n) is 2.92. The van der Waals surface area contributed by atoms with E-state index in [9.17, 15) is 9.59 Å². The molecule has 3 rings (SSSR count). The van der Waals surface area contributed by atoms with Crippen molar-refractivity contribution in [3.05, 3.63) is 62.7 Å². The van der Waals surface area contributed by atoms with Crippen molar-refractivity contribution in [3.63, 3.8) is 0 Å². The number of hydrogen-bond donors (Lipinski definition) is 2. The van der Waals surface area contributed by atoms with E-state index >= 15 is 0 Å². The summed E-state index contributed by atoms with van der Waals surface area (Å²) < 4.78 is 10.6. The highest BCUT2D eigenvalue weighted by Crippen LogP contribution is 2.27. The van der Waals surface area contributed by atoms with E-state index in [4.69, 9.17) is 44.3 Å². The van der Waals surface area contributed by atoms with Crippen LogP contribution in [-0.2, 0) is 9.53 Å². The average Bonchev–Trinajstić information content (AvgIpc) is 3.10. The molecule has 168 valence electrons. The topological polar surface area (TPSA) is 92.8 Å². The van der Waals surface area contributed by atoms with Gasteiger partial charge in [-0.15, -0.1) is 0 Å². The fourth-order valence-corrected chi connectivity index (χ4v) is 3.56. The highest BCUT2D eigenvalue weighted by atomic mass is 35.5. The number of carbonyl (C=O) groups excluding carboxylic acids is 2. The number of carbonyl (C=O) groups is 2. The SMILES string of the molecule is CCOC(=O)c1[nH]c2cc(Cl)ccc2c1/C=N/NC(=O)CCCOc1ccc(Cl)cc1Cl. The Hall–Kier alpha value is -2.74. The second-order valence-electron chi connectivity index (χ2n) is 6.64. The molecule has 2 aromatic carbocycles. The summed E-state index contributed by atoms with van der Waals surface area (Å²) in [6.07, 6.45) is 2.05. The summed E-state index contributed by atoms with van der Waals surface area (Å²) in [5.41, 5.74) is 3.84. The summed E-state index contributed by atoms with van der Waals surface area (Å²) >= 11 is 17.9. The predicted molar refractivity (Wildman–Crippen MR) is 126 cm³/mol. The molecular formula is C22H20Cl3N3O4. The van der Waals surface area contributed by atoms with Crippen LogP contribution in [0.2, 0.25) is 15.1 Å². The van der Waals surface area contributed by atoms with Crippen LogP contribution in [0.25, 0.3) is 10.9 Å². The number of esters is 1. The fraction of sp³-hybridized carbons (Fsp3) is 0.227. The molecule has 0 fully saturated rings. The normalized spacial score (nSPS) is 11.1. The minimum absolute atomic E-state index is 0.191. The summed E-state index contributed by atoms with van der Waals surface area (Å²) in [6.45, 7) is 2.25. The van der Waals surface area contributed by atoms with Crippen LogP contribution in [0, 0.1) is 0 Å². The van der Waals surface area contributed by atoms with Crippen LogP contribution in [0.4, 0.5) is 0 Å². The lowest BCUT2D eigenvalue weighted by molar-refractivity contribution is -0.121. The molecule has 10 heteroatoms. The Kier molecular flexibility index (Phi) is 8.39. The molecule has 0 atom stereocenters. The molecule has 0 aliphatic heterocycles. The van der Waals surface area contributed by atoms with Crippen molar-refractivity contribution in [3.8, 4) is 5.75 Å². The van der Waals surface area contributed by atoms with Crippen molar-refractivity contribution in [2.24, 2.45) is 5.10 Å². The van der Waals surface area contributed by atoms with Crippen LogP contribution in [-0.4, -0.2) is 36.3 Å². The number of hydrazone groups is 1. The first-order valence-corrected chi connectivity index (χ1v) is 10.9. The Morgan fingerprint density at radius 2 is 1.88 bits per heavy atom. The van der Waals surface area contributed by atoms with Crippen molar-refractivity contribution in [1.29, 1.82) is 0 Å². The van der Waals surface area contributed by atoms with E-state index in [1.165, 1.54) is 6.21 Å². The van der Waals surface area contributed by atoms with Gasteiger partial charge in [0.1, 0.15) is 11.4 Å². The summed E-state index contributed by atoms with van der Waals surface area (Å²) in [5.74, 6) is -0.321. The summed E-state index contributed by atoms with van der Waals surface area (Å²) in [5, 5.41) is 6.16. The van der Waals surface area contributed by atoms with E-state index < -0.39 is 5.97 Å². The molecule has 32 heavy (non-hydrogen) atoms. The lowest BCUT2D eigenvalue weighted by atomic mass is 10.1. The molecule has 0 aliphatic carbocycles. The lowest BCUT2D eigenvalue weighted by Crippen LogP contribution is -2.18. The van der Waals surface area contributed by atoms with Crippen molar-refractivity contribution >= 4 is 63.8 Å². The van der Waals surface area contributed by atoms with Crippen molar-refractivity contribution in [1.82, 2.24) is 10.4 Å². The van der Waals surface area contributed by atoms with Gasteiger partial charge in [0.05, 0.1) is 24.5 Å². The van der Waals surface area contributed by atoms with Crippen LogP contribution in [0.3, 0.4) is 0 Å². The van der Waals surface area contributed by atoms with Gasteiger partial charge in [-0.05, 0) is 43.7 Å². The van der Waals surface area contributed by atoms with Gasteiger partial charge >= 0.3 is 5.97 Å². The maximum absolute atomic E-state index is 12.3. The van der Waals surface area contributed by atoms with Crippen molar-refractivity contribution < 1.29 is 19.1 Å². The molecule has 0 radical (unpaired) electrons. The van der Waals surface area contributed by atoms with Gasteiger partial charge in [-0.3, -0.25) is 4.79 Å². The standard InChI is InChI=1S/C22H20Cl3N3O4/c1-2-31-22(30)21-16(15-7-5-14(24)11-18(15)27-21)12-26-28-20(29)4-3-9-32-19-8-6-13(23)10-17(19)25/h5-8,10-12,27H,2-4,9H2,1H3,(H,28,29)/b26-12+. The van der Waals surface area contributed by atoms with E-state index in [1.807, 2.05) is 0 Å². The number of aromatic nitrogens is 1. The summed E-state index contributed by atoms with van der Waals surface area (Å²) in [6, 6.07) is 10.1. The van der Waals surface area contributed by atoms with Crippen molar-refractivity contribution in [2.75, 3.05) is 13.2 Å². The molecule has 0 bridgehead atoms. The maximum atomic E-state index is 12.3. The first-order valence-electron chi connectivity index (χ1n) is 9.77. The number of benzene rings is 2. The van der Waals surface area contributed by atoms with Gasteiger partial charge in [0.15, 0.2) is 0 Å². The molecular weight excluding hydrogens is 477 g/mol. The molecule has 0 saturated carbocycles. The second-order valence-corrected chi connectivity index (χ2v) is 7.92. The molecule has 0 unspecified atom stereocenters. The zero-order valence-electron chi connectivity index (χ0n) is 17.1. The van der Waals surface area contributed by atoms with Crippen LogP contribution >= 0.6 is 34.8 Å². The quantitative estimate of drug-likeness (QED) is 0.174. The van der Waals surface area contributed by atoms with Gasteiger partial charge < -0.3 is 14.5 Å². The zero-order chi connectivity index (χ0) is 23.1. The molecule has 3 aromatic rings. The van der Waals surface area contributed by atoms with Crippen LogP contribution in [0.1, 0.15) is 35.8 Å². The molecule has 7 nitrogen and oxygen atoms in total. The predicted octanol–water partition coefficient (Wildman–Crippen LogP) is 5.61. The van der Waals surface area contributed by atoms with Gasteiger partial charge in [-0.25, -0.2) is 10.2 Å². The Bertz CT molecular complexity index is 1160. The third kappa shape index (κ3) is 6.16. The number of nitrogens with zero attached hydrogens (tertiary/aromatic N) is 1. The number of halogens is 3. The first kappa shape index (κ1) is 23.9. The van der Waals surface area contributed by atoms with Crippen LogP contribution in [0.5, 0.6) is 5.75 Å². The largest absolute Gasteiger partial charge is 0.492 e. The number of rotatable bonds is 9. The highest BCUT2D eigenvalue weighted by molar-refractivity contribution is 6.35. The lowest BCUT2D eigenvalue weighted by Gasteiger charge is -2.07. The number of fused-ring (bicyclic) bond motifs is 1. The number of amides is 1. The van der Waals surface area contributed by atoms with Crippen LogP contribution < -0.4 is 10.2 Å². The minimum Gasteiger partial charge on any atom is -0.492 e. The third-order valence-corrected chi connectivity index (χ3v) is 5.13. The molecule has 1 heterocycles. The summed E-state index contributed by atoms with van der Waals surface area (Å²) in [7, 11) is 0. The highest BCUT2D eigenvalue weighted by Gasteiger charge is 2.18. The van der Waals surface area contributed by atoms with Crippen LogP contribution in [0.15, 0.2) is 41.5 Å². The first-order chi connectivity index (χ1) is 15.4. The van der Waals surface area contributed by atoms with E-state index in [0.717, 1.165) is 5.39 Å². The van der Waals surface area contributed by atoms with Gasteiger partial charge in [0.2, 0.25) is 5.91 Å². The monoisotopic (exact) mass is 495 g/mol. The van der Waals surface area contributed by atoms with Gasteiger partial charge in [0.25, 0.3) is 0 Å². The van der Waals surface area contributed by atoms with E-state index in [0.29, 0.717) is 44.9 Å². The number of ether oxygens (including phenoxy) is 2. The minimum atomic E-state index is -0.523. The maximum Gasteiger partial charge on any atom is 0.355 e. The second kappa shape index (κ2) is 11.2. The Labute approximate surface area is 199 Å². The smallest absolute Gasteiger partial charge is 0.355 e. The number of hydrogen-bond acceptors (Lipinski definition) is 5. The Morgan fingerprint density at radius 1 is 1.12 bits per heavy atom. The molecule has 0 spiro atoms. The third-order valence-electron chi connectivity index (χ3n) is 4.36. The van der Waals surface area contributed by atoms with E-state index in [-0.39, 0.29) is 24.6 Å². The Morgan fingerprint density at radius 3 is 2.62 bits per heavy atom. The average molecular weight is 497 g/mol. The van der Waals surface area contributed by atoms with Crippen molar-refractivity contribution in [2.45, 2.75) is 19.8 Å². The molecule has 1 amide bonds. The van der Waals surface area contributed by atoms with Gasteiger partial charge in [-0.1, -0.05) is 40.9 Å². The number of H-pyrrole nitrogens is 1. The molecule has 2 N–H and O–H groups in total. The van der Waals surface area contributed by atoms with E-state index in [1.54, 1.807) is 43.3 Å². The molecule has 1 aromatic heterocycles. The molecule has 0 saturated heterocycles. The van der Waals surface area contributed by atoms with Gasteiger partial charge in [0, 0.05) is 32.9 Å².